The van der Waals surface area contributed by atoms with E-state index in [9.17, 15) is 24.3 Å². The van der Waals surface area contributed by atoms with Gasteiger partial charge in [0.2, 0.25) is 23.6 Å². The number of nitrogens with one attached hydrogen (secondary N) is 2. The summed E-state index contributed by atoms with van der Waals surface area (Å²) in [7, 11) is 0. The molecule has 0 saturated heterocycles. The van der Waals surface area contributed by atoms with Crippen LogP contribution < -0.4 is 27.8 Å². The molecular weight excluding hydrogens is 330 g/mol. The third kappa shape index (κ3) is 7.94. The second kappa shape index (κ2) is 10.6. The van der Waals surface area contributed by atoms with E-state index in [0.29, 0.717) is 6.42 Å². The summed E-state index contributed by atoms with van der Waals surface area (Å²) in [6, 6.07) is -3.26. The molecule has 9 N–H and O–H groups in total. The van der Waals surface area contributed by atoms with E-state index in [4.69, 9.17) is 17.2 Å². The smallest absolute Gasteiger partial charge is 0.243 e. The minimum Gasteiger partial charge on any atom is -0.391 e. The first-order valence-corrected chi connectivity index (χ1v) is 8.13. The SMILES string of the molecule is CC[C@H](C)[C@H](NC(=O)[C@@H](N)CCC(N)=O)C(=O)N[C@H](C(N)=O)[C@@H](C)O. The van der Waals surface area contributed by atoms with Crippen LogP contribution in [0, 0.1) is 5.92 Å². The molecule has 0 aliphatic heterocycles. The maximum absolute atomic E-state index is 12.4. The summed E-state index contributed by atoms with van der Waals surface area (Å²) >= 11 is 0. The Morgan fingerprint density at radius 3 is 1.92 bits per heavy atom. The zero-order chi connectivity index (χ0) is 19.7. The molecule has 0 heterocycles. The average Bonchev–Trinajstić information content (AvgIpc) is 2.53. The van der Waals surface area contributed by atoms with Crippen LogP contribution in [0.25, 0.3) is 0 Å². The standard InChI is InChI=1S/C15H29N5O5/c1-4-7(2)11(15(25)20-12(8(3)21)13(18)23)19-14(24)9(16)5-6-10(17)22/h7-9,11-12,21H,4-6,16H2,1-3H3,(H2,17,22)(H2,18,23)(H,19,24)(H,20,25)/t7-,8+,9-,11-,12-/m0/s1. The molecule has 0 spiro atoms. The van der Waals surface area contributed by atoms with Crippen molar-refractivity contribution in [3.63, 3.8) is 0 Å². The Kier molecular flexibility index (Phi) is 9.69. The van der Waals surface area contributed by atoms with E-state index in [1.807, 2.05) is 6.92 Å². The summed E-state index contributed by atoms with van der Waals surface area (Å²) in [5.41, 5.74) is 15.8. The molecule has 5 atom stereocenters. The van der Waals surface area contributed by atoms with Gasteiger partial charge in [-0.05, 0) is 19.3 Å². The van der Waals surface area contributed by atoms with Crippen molar-refractivity contribution in [2.75, 3.05) is 0 Å². The number of rotatable bonds is 11. The van der Waals surface area contributed by atoms with Crippen LogP contribution in [0.3, 0.4) is 0 Å². The third-order valence-electron chi connectivity index (χ3n) is 3.92. The Morgan fingerprint density at radius 2 is 1.52 bits per heavy atom. The van der Waals surface area contributed by atoms with Crippen molar-refractivity contribution in [3.8, 4) is 0 Å². The Hall–Kier alpha value is -2.20. The predicted molar refractivity (Wildman–Crippen MR) is 90.6 cm³/mol. The lowest BCUT2D eigenvalue weighted by atomic mass is 9.97. The molecule has 0 fully saturated rings. The molecule has 25 heavy (non-hydrogen) atoms. The van der Waals surface area contributed by atoms with Crippen LogP contribution in [0.2, 0.25) is 0 Å². The first-order chi connectivity index (χ1) is 11.5. The summed E-state index contributed by atoms with van der Waals surface area (Å²) in [5, 5.41) is 14.4. The van der Waals surface area contributed by atoms with Gasteiger partial charge in [-0.25, -0.2) is 0 Å². The summed E-state index contributed by atoms with van der Waals surface area (Å²) in [6.45, 7) is 4.87. The zero-order valence-corrected chi connectivity index (χ0v) is 14.8. The number of hydrogen-bond acceptors (Lipinski definition) is 6. The van der Waals surface area contributed by atoms with Gasteiger partial charge < -0.3 is 32.9 Å². The largest absolute Gasteiger partial charge is 0.391 e. The van der Waals surface area contributed by atoms with Gasteiger partial charge in [0, 0.05) is 6.42 Å². The van der Waals surface area contributed by atoms with E-state index in [1.165, 1.54) is 6.92 Å². The van der Waals surface area contributed by atoms with Crippen LogP contribution in [0.15, 0.2) is 0 Å². The van der Waals surface area contributed by atoms with Crippen molar-refractivity contribution in [2.45, 2.75) is 64.3 Å². The molecule has 0 bridgehead atoms. The first kappa shape index (κ1) is 22.8. The van der Waals surface area contributed by atoms with E-state index < -0.39 is 47.9 Å². The molecule has 4 amide bonds. The van der Waals surface area contributed by atoms with Gasteiger partial charge >= 0.3 is 0 Å². The lowest BCUT2D eigenvalue weighted by Crippen LogP contribution is -2.59. The van der Waals surface area contributed by atoms with Gasteiger partial charge in [0.15, 0.2) is 0 Å². The van der Waals surface area contributed by atoms with E-state index in [1.54, 1.807) is 6.92 Å². The van der Waals surface area contributed by atoms with Crippen LogP contribution in [0.4, 0.5) is 0 Å². The van der Waals surface area contributed by atoms with Gasteiger partial charge in [-0.3, -0.25) is 19.2 Å². The number of aliphatic hydroxyl groups is 1. The number of nitrogens with two attached hydrogens (primary N) is 3. The molecule has 0 rings (SSSR count). The monoisotopic (exact) mass is 359 g/mol. The van der Waals surface area contributed by atoms with Crippen LogP contribution in [-0.2, 0) is 19.2 Å². The fourth-order valence-corrected chi connectivity index (χ4v) is 2.06. The number of hydrogen-bond donors (Lipinski definition) is 6. The average molecular weight is 359 g/mol. The van der Waals surface area contributed by atoms with E-state index >= 15 is 0 Å². The molecule has 0 radical (unpaired) electrons. The second-order valence-corrected chi connectivity index (χ2v) is 6.11. The number of amides is 4. The van der Waals surface area contributed by atoms with Crippen molar-refractivity contribution < 1.29 is 24.3 Å². The highest BCUT2D eigenvalue weighted by atomic mass is 16.3. The summed E-state index contributed by atoms with van der Waals surface area (Å²) in [5.74, 6) is -3.02. The number of carbonyl (C=O) groups is 4. The van der Waals surface area contributed by atoms with Crippen LogP contribution in [-0.4, -0.2) is 53.0 Å². The number of aliphatic hydroxyl groups excluding tert-OH is 1. The topological polar surface area (TPSA) is 191 Å². The van der Waals surface area contributed by atoms with Gasteiger partial charge in [-0.1, -0.05) is 20.3 Å². The highest BCUT2D eigenvalue weighted by Crippen LogP contribution is 2.09. The molecule has 10 nitrogen and oxygen atoms in total. The predicted octanol–water partition coefficient (Wildman–Crippen LogP) is -2.54. The normalized spacial score (nSPS) is 16.8. The van der Waals surface area contributed by atoms with E-state index in [0.717, 1.165) is 0 Å². The quantitative estimate of drug-likeness (QED) is 0.235. The maximum Gasteiger partial charge on any atom is 0.243 e. The van der Waals surface area contributed by atoms with Crippen molar-refractivity contribution >= 4 is 23.6 Å². The van der Waals surface area contributed by atoms with Crippen LogP contribution >= 0.6 is 0 Å². The number of primary amides is 2. The van der Waals surface area contributed by atoms with Gasteiger partial charge in [-0.15, -0.1) is 0 Å². The lowest BCUT2D eigenvalue weighted by Gasteiger charge is -2.27. The second-order valence-electron chi connectivity index (χ2n) is 6.11. The molecule has 10 heteroatoms. The summed E-state index contributed by atoms with van der Waals surface area (Å²) in [4.78, 5) is 46.6. The van der Waals surface area contributed by atoms with Gasteiger partial charge in [0.05, 0.1) is 12.1 Å². The molecule has 0 aliphatic rings. The molecule has 0 aromatic carbocycles. The molecule has 144 valence electrons. The fraction of sp³-hybridized carbons (Fsp3) is 0.733. The fourth-order valence-electron chi connectivity index (χ4n) is 2.06. The van der Waals surface area contributed by atoms with Gasteiger partial charge in [0.25, 0.3) is 0 Å². The molecule has 0 saturated carbocycles. The van der Waals surface area contributed by atoms with E-state index in [-0.39, 0.29) is 18.8 Å². The highest BCUT2D eigenvalue weighted by molar-refractivity contribution is 5.93. The Labute approximate surface area is 146 Å². The van der Waals surface area contributed by atoms with Crippen molar-refractivity contribution in [1.82, 2.24) is 10.6 Å². The van der Waals surface area contributed by atoms with Crippen LogP contribution in [0.5, 0.6) is 0 Å². The lowest BCUT2D eigenvalue weighted by molar-refractivity contribution is -0.134. The Bertz CT molecular complexity index is 497. The Morgan fingerprint density at radius 1 is 1.00 bits per heavy atom. The van der Waals surface area contributed by atoms with Crippen molar-refractivity contribution in [2.24, 2.45) is 23.1 Å². The molecular formula is C15H29N5O5. The van der Waals surface area contributed by atoms with Crippen molar-refractivity contribution in [1.29, 1.82) is 0 Å². The van der Waals surface area contributed by atoms with Gasteiger partial charge in [-0.2, -0.15) is 0 Å². The summed E-state index contributed by atoms with van der Waals surface area (Å²) in [6.07, 6.45) is -0.633. The van der Waals surface area contributed by atoms with Crippen LogP contribution in [0.1, 0.15) is 40.0 Å². The minimum atomic E-state index is -1.28. The molecule has 0 aromatic heterocycles. The number of carbonyl (C=O) groups excluding carboxylic acids is 4. The minimum absolute atomic E-state index is 0.0492. The molecule has 0 aromatic rings. The third-order valence-corrected chi connectivity index (χ3v) is 3.92. The zero-order valence-electron chi connectivity index (χ0n) is 14.8. The first-order valence-electron chi connectivity index (χ1n) is 8.13. The Balaban J connectivity index is 5.05. The maximum atomic E-state index is 12.4. The van der Waals surface area contributed by atoms with Gasteiger partial charge in [0.1, 0.15) is 12.1 Å². The highest BCUT2D eigenvalue weighted by Gasteiger charge is 2.31. The molecule has 0 unspecified atom stereocenters. The molecule has 0 aliphatic carbocycles. The van der Waals surface area contributed by atoms with E-state index in [2.05, 4.69) is 10.6 Å². The van der Waals surface area contributed by atoms with Crippen molar-refractivity contribution in [3.05, 3.63) is 0 Å². The summed E-state index contributed by atoms with van der Waals surface area (Å²) < 4.78 is 0.